The third-order valence-corrected chi connectivity index (χ3v) is 2.55. The van der Waals surface area contributed by atoms with Gasteiger partial charge in [0.2, 0.25) is 0 Å². The molecule has 0 amide bonds. The summed E-state index contributed by atoms with van der Waals surface area (Å²) in [7, 11) is 2.02. The largest absolute Gasteiger partial charge is 0.389 e. The van der Waals surface area contributed by atoms with Gasteiger partial charge in [0, 0.05) is 6.54 Å². The molecule has 1 atom stereocenters. The molecule has 0 saturated carbocycles. The molecule has 3 heteroatoms. The lowest BCUT2D eigenvalue weighted by molar-refractivity contribution is 0.0138. The van der Waals surface area contributed by atoms with Crippen molar-refractivity contribution in [2.75, 3.05) is 26.7 Å². The Morgan fingerprint density at radius 3 is 2.65 bits per heavy atom. The van der Waals surface area contributed by atoms with Crippen LogP contribution in [0, 0.1) is 0 Å². The topological polar surface area (TPSA) is 32.7 Å². The van der Waals surface area contributed by atoms with E-state index >= 15 is 0 Å². The van der Waals surface area contributed by atoms with E-state index < -0.39 is 6.10 Å². The molecule has 96 valence electrons. The molecule has 0 fully saturated rings. The molecule has 0 saturated heterocycles. The summed E-state index contributed by atoms with van der Waals surface area (Å²) in [4.78, 5) is 2.12. The zero-order chi connectivity index (χ0) is 12.5. The van der Waals surface area contributed by atoms with Crippen LogP contribution in [0.15, 0.2) is 30.3 Å². The summed E-state index contributed by atoms with van der Waals surface area (Å²) in [6.45, 7) is 4.77. The van der Waals surface area contributed by atoms with Crippen LogP contribution < -0.4 is 0 Å². The van der Waals surface area contributed by atoms with Gasteiger partial charge in [0.1, 0.15) is 0 Å². The highest BCUT2D eigenvalue weighted by Crippen LogP contribution is 2.01. The predicted molar refractivity (Wildman–Crippen MR) is 69.9 cm³/mol. The van der Waals surface area contributed by atoms with Gasteiger partial charge in [-0.3, -0.25) is 0 Å². The summed E-state index contributed by atoms with van der Waals surface area (Å²) in [5.74, 6) is 0. The van der Waals surface area contributed by atoms with Crippen LogP contribution in [0.1, 0.15) is 18.9 Å². The molecule has 1 unspecified atom stereocenters. The summed E-state index contributed by atoms with van der Waals surface area (Å²) in [5, 5.41) is 9.76. The number of nitrogens with zero attached hydrogens (tertiary/aromatic N) is 1. The van der Waals surface area contributed by atoms with Crippen molar-refractivity contribution in [3.05, 3.63) is 35.9 Å². The van der Waals surface area contributed by atoms with E-state index in [2.05, 4.69) is 11.8 Å². The Morgan fingerprint density at radius 2 is 2.00 bits per heavy atom. The molecule has 3 nitrogen and oxygen atoms in total. The van der Waals surface area contributed by atoms with Crippen LogP contribution in [0.2, 0.25) is 0 Å². The van der Waals surface area contributed by atoms with Crippen LogP contribution in [0.4, 0.5) is 0 Å². The van der Waals surface area contributed by atoms with Crippen LogP contribution in [-0.4, -0.2) is 42.9 Å². The fourth-order valence-corrected chi connectivity index (χ4v) is 1.77. The van der Waals surface area contributed by atoms with Gasteiger partial charge < -0.3 is 14.7 Å². The lowest BCUT2D eigenvalue weighted by Gasteiger charge is -2.19. The lowest BCUT2D eigenvalue weighted by atomic mass is 10.2. The molecule has 0 aliphatic heterocycles. The Balaban J connectivity index is 2.14. The maximum absolute atomic E-state index is 9.76. The third kappa shape index (κ3) is 6.41. The van der Waals surface area contributed by atoms with Crippen molar-refractivity contribution in [2.24, 2.45) is 0 Å². The molecule has 0 aromatic heterocycles. The zero-order valence-electron chi connectivity index (χ0n) is 10.8. The monoisotopic (exact) mass is 237 g/mol. The third-order valence-electron chi connectivity index (χ3n) is 2.55. The number of likely N-dealkylation sites (N-methyl/N-ethyl adjacent to an activating group) is 1. The van der Waals surface area contributed by atoms with E-state index in [0.29, 0.717) is 19.8 Å². The maximum Gasteiger partial charge on any atom is 0.0900 e. The van der Waals surface area contributed by atoms with Gasteiger partial charge in [-0.25, -0.2) is 0 Å². The predicted octanol–water partition coefficient (Wildman–Crippen LogP) is 1.91. The van der Waals surface area contributed by atoms with Gasteiger partial charge in [-0.2, -0.15) is 0 Å². The summed E-state index contributed by atoms with van der Waals surface area (Å²) in [6.07, 6.45) is 0.698. The first-order valence-electron chi connectivity index (χ1n) is 6.20. The summed E-state index contributed by atoms with van der Waals surface area (Å²) in [5.41, 5.74) is 1.14. The minimum absolute atomic E-state index is 0.392. The molecule has 0 spiro atoms. The molecular formula is C14H23NO2. The molecule has 1 rings (SSSR count). The first-order chi connectivity index (χ1) is 8.22. The number of ether oxygens (including phenoxy) is 1. The highest BCUT2D eigenvalue weighted by Gasteiger charge is 2.07. The normalized spacial score (nSPS) is 12.9. The quantitative estimate of drug-likeness (QED) is 0.749. The van der Waals surface area contributed by atoms with Crippen LogP contribution in [0.3, 0.4) is 0 Å². The average Bonchev–Trinajstić information content (AvgIpc) is 2.30. The second-order valence-electron chi connectivity index (χ2n) is 4.42. The Hall–Kier alpha value is -0.900. The molecule has 0 aliphatic carbocycles. The van der Waals surface area contributed by atoms with Crippen LogP contribution >= 0.6 is 0 Å². The molecule has 0 bridgehead atoms. The SMILES string of the molecule is CCCN(C)CC(O)COCc1ccccc1. The Labute approximate surface area is 104 Å². The first-order valence-corrected chi connectivity index (χ1v) is 6.20. The maximum atomic E-state index is 9.76. The van der Waals surface area contributed by atoms with E-state index in [1.165, 1.54) is 0 Å². The number of hydrogen-bond donors (Lipinski definition) is 1. The molecule has 0 radical (unpaired) electrons. The molecule has 0 heterocycles. The number of aliphatic hydroxyl groups excluding tert-OH is 1. The van der Waals surface area contributed by atoms with E-state index in [1.54, 1.807) is 0 Å². The number of aliphatic hydroxyl groups is 1. The standard InChI is InChI=1S/C14H23NO2/c1-3-9-15(2)10-14(16)12-17-11-13-7-5-4-6-8-13/h4-8,14,16H,3,9-12H2,1-2H3. The lowest BCUT2D eigenvalue weighted by Crippen LogP contribution is -2.32. The Morgan fingerprint density at radius 1 is 1.29 bits per heavy atom. The van der Waals surface area contributed by atoms with Crippen molar-refractivity contribution in [1.82, 2.24) is 4.90 Å². The Kier molecular flexibility index (Phi) is 6.86. The van der Waals surface area contributed by atoms with Crippen molar-refractivity contribution < 1.29 is 9.84 Å². The van der Waals surface area contributed by atoms with Gasteiger partial charge >= 0.3 is 0 Å². The van der Waals surface area contributed by atoms with E-state index in [0.717, 1.165) is 18.5 Å². The van der Waals surface area contributed by atoms with Gasteiger partial charge in [-0.15, -0.1) is 0 Å². The second kappa shape index (κ2) is 8.23. The van der Waals surface area contributed by atoms with Gasteiger partial charge in [0.25, 0.3) is 0 Å². The first kappa shape index (κ1) is 14.2. The highest BCUT2D eigenvalue weighted by molar-refractivity contribution is 5.13. The van der Waals surface area contributed by atoms with Crippen molar-refractivity contribution in [2.45, 2.75) is 26.1 Å². The molecule has 17 heavy (non-hydrogen) atoms. The van der Waals surface area contributed by atoms with Gasteiger partial charge in [-0.05, 0) is 25.6 Å². The number of hydrogen-bond acceptors (Lipinski definition) is 3. The van der Waals surface area contributed by atoms with E-state index in [9.17, 15) is 5.11 Å². The van der Waals surface area contributed by atoms with Crippen molar-refractivity contribution in [3.63, 3.8) is 0 Å². The minimum atomic E-state index is -0.407. The van der Waals surface area contributed by atoms with Gasteiger partial charge in [0.15, 0.2) is 0 Å². The summed E-state index contributed by atoms with van der Waals surface area (Å²) < 4.78 is 5.48. The second-order valence-corrected chi connectivity index (χ2v) is 4.42. The van der Waals surface area contributed by atoms with E-state index in [1.807, 2.05) is 37.4 Å². The van der Waals surface area contributed by atoms with Gasteiger partial charge in [0.05, 0.1) is 19.3 Å². The molecule has 1 aromatic carbocycles. The highest BCUT2D eigenvalue weighted by atomic mass is 16.5. The fraction of sp³-hybridized carbons (Fsp3) is 0.571. The van der Waals surface area contributed by atoms with E-state index in [-0.39, 0.29) is 0 Å². The minimum Gasteiger partial charge on any atom is -0.389 e. The average molecular weight is 237 g/mol. The molecule has 1 N–H and O–H groups in total. The Bertz CT molecular complexity index is 290. The number of benzene rings is 1. The summed E-state index contributed by atoms with van der Waals surface area (Å²) >= 11 is 0. The van der Waals surface area contributed by atoms with Gasteiger partial charge in [-0.1, -0.05) is 37.3 Å². The number of rotatable bonds is 8. The van der Waals surface area contributed by atoms with E-state index in [4.69, 9.17) is 4.74 Å². The molecular weight excluding hydrogens is 214 g/mol. The van der Waals surface area contributed by atoms with Crippen molar-refractivity contribution in [1.29, 1.82) is 0 Å². The fourth-order valence-electron chi connectivity index (χ4n) is 1.77. The molecule has 1 aromatic rings. The molecule has 0 aliphatic rings. The van der Waals surface area contributed by atoms with Crippen LogP contribution in [0.25, 0.3) is 0 Å². The van der Waals surface area contributed by atoms with Crippen LogP contribution in [0.5, 0.6) is 0 Å². The zero-order valence-corrected chi connectivity index (χ0v) is 10.8. The van der Waals surface area contributed by atoms with Crippen molar-refractivity contribution in [3.8, 4) is 0 Å². The van der Waals surface area contributed by atoms with Crippen molar-refractivity contribution >= 4 is 0 Å². The van der Waals surface area contributed by atoms with Crippen LogP contribution in [-0.2, 0) is 11.3 Å². The summed E-state index contributed by atoms with van der Waals surface area (Å²) in [6, 6.07) is 10.0. The smallest absolute Gasteiger partial charge is 0.0900 e.